The Morgan fingerprint density at radius 3 is 2.20 bits per heavy atom. The van der Waals surface area contributed by atoms with Crippen LogP contribution in [0.1, 0.15) is 51.4 Å². The maximum absolute atomic E-state index is 10.8. The third-order valence-corrected chi connectivity index (χ3v) is 2.72. The monoisotopic (exact) mass is 276 g/mol. The summed E-state index contributed by atoms with van der Waals surface area (Å²) in [5.41, 5.74) is 0. The van der Waals surface area contributed by atoms with Gasteiger partial charge in [-0.05, 0) is 19.3 Å². The van der Waals surface area contributed by atoms with Gasteiger partial charge in [-0.15, -0.1) is 6.58 Å². The molecule has 0 atom stereocenters. The van der Waals surface area contributed by atoms with Crippen molar-refractivity contribution in [2.45, 2.75) is 51.4 Å². The minimum atomic E-state index is -0.0247. The van der Waals surface area contributed by atoms with Gasteiger partial charge in [0.25, 0.3) is 5.97 Å². The van der Waals surface area contributed by atoms with Crippen LogP contribution in [0.25, 0.3) is 0 Å². The number of unbranched alkanes of at least 4 members (excludes halogenated alkanes) is 6. The summed E-state index contributed by atoms with van der Waals surface area (Å²) < 4.78 is 4.70. The molecule has 0 amide bonds. The first-order valence-electron chi connectivity index (χ1n) is 5.49. The number of allylic oxidation sites excluding steroid dienone is 1. The Morgan fingerprint density at radius 2 is 1.67 bits per heavy atom. The van der Waals surface area contributed by atoms with Crippen molar-refractivity contribution in [3.63, 3.8) is 0 Å². The van der Waals surface area contributed by atoms with Crippen LogP contribution in [0.15, 0.2) is 12.7 Å². The van der Waals surface area contributed by atoms with Gasteiger partial charge >= 0.3 is 16.6 Å². The summed E-state index contributed by atoms with van der Waals surface area (Å²) >= 11 is 0.535. The summed E-state index contributed by atoms with van der Waals surface area (Å²) in [4.78, 5) is 10.8. The van der Waals surface area contributed by atoms with Crippen molar-refractivity contribution in [3.05, 3.63) is 12.7 Å². The Labute approximate surface area is 114 Å². The van der Waals surface area contributed by atoms with Gasteiger partial charge in [-0.1, -0.05) is 31.8 Å². The van der Waals surface area contributed by atoms with Gasteiger partial charge in [0.1, 0.15) is 0 Å². The van der Waals surface area contributed by atoms with E-state index in [0.717, 1.165) is 19.3 Å². The van der Waals surface area contributed by atoms with Gasteiger partial charge in [-0.2, -0.15) is 0 Å². The van der Waals surface area contributed by atoms with E-state index in [-0.39, 0.29) is 25.4 Å². The van der Waals surface area contributed by atoms with E-state index in [1.165, 1.54) is 25.7 Å². The third-order valence-electron chi connectivity index (χ3n) is 2.27. The topological polar surface area (TPSA) is 26.3 Å². The fourth-order valence-electron chi connectivity index (χ4n) is 1.37. The summed E-state index contributed by atoms with van der Waals surface area (Å²) in [6.45, 7) is 3.69. The Balaban J connectivity index is 0. The molecule has 0 aliphatic rings. The van der Waals surface area contributed by atoms with Crippen LogP contribution in [-0.2, 0) is 28.1 Å². The summed E-state index contributed by atoms with van der Waals surface area (Å²) in [6.07, 6.45) is 10.9. The molecule has 0 unspecified atom stereocenters. The van der Waals surface area contributed by atoms with E-state index in [9.17, 15) is 4.79 Å². The number of hydrogen-bond donors (Lipinski definition) is 0. The summed E-state index contributed by atoms with van der Waals surface area (Å²) in [5, 5.41) is 0. The average molecular weight is 278 g/mol. The van der Waals surface area contributed by atoms with Crippen molar-refractivity contribution in [2.24, 2.45) is 0 Å². The molecule has 0 aliphatic heterocycles. The molecule has 2 nitrogen and oxygen atoms in total. The summed E-state index contributed by atoms with van der Waals surface area (Å²) in [5.74, 6) is -0.0247. The van der Waals surface area contributed by atoms with Crippen LogP contribution in [0, 0.1) is 0 Å². The molecule has 0 aromatic carbocycles. The third kappa shape index (κ3) is 14.4. The van der Waals surface area contributed by atoms with Crippen LogP contribution in [-0.4, -0.2) is 22.6 Å². The van der Waals surface area contributed by atoms with Crippen molar-refractivity contribution in [1.82, 2.24) is 0 Å². The maximum Gasteiger partial charge on any atom is 0.499 e. The van der Waals surface area contributed by atoms with Crippen LogP contribution < -0.4 is 0 Å². The first-order chi connectivity index (χ1) is 6.81. The smallest absolute Gasteiger partial charge is 0.499 e. The molecule has 0 fully saturated rings. The average Bonchev–Trinajstić information content (AvgIpc) is 2.21. The summed E-state index contributed by atoms with van der Waals surface area (Å²) in [7, 11) is 0. The Morgan fingerprint density at radius 1 is 1.13 bits per heavy atom. The zero-order valence-corrected chi connectivity index (χ0v) is 14.9. The van der Waals surface area contributed by atoms with E-state index in [4.69, 9.17) is 3.79 Å². The minimum Gasteiger partial charge on any atom is -0.621 e. The van der Waals surface area contributed by atoms with Crippen molar-refractivity contribution < 1.29 is 28.1 Å². The number of carbonyl (C=O) groups is 1. The van der Waals surface area contributed by atoms with E-state index in [0.29, 0.717) is 23.0 Å². The second kappa shape index (κ2) is 14.4. The van der Waals surface area contributed by atoms with Crippen molar-refractivity contribution in [3.8, 4) is 0 Å². The van der Waals surface area contributed by atoms with E-state index in [1.54, 1.807) is 0 Å². The SMILES string of the molecule is C=CCCCCCCCCC(=O)[O][AlH2].[Zn]. The molecular weight excluding hydrogens is 256 g/mol. The zero-order valence-electron chi connectivity index (χ0n) is 9.96. The molecule has 0 saturated carbocycles. The number of hydrogen-bond acceptors (Lipinski definition) is 2. The molecule has 0 bridgehead atoms. The fraction of sp³-hybridized carbons (Fsp3) is 0.727. The van der Waals surface area contributed by atoms with Crippen LogP contribution in [0.4, 0.5) is 0 Å². The maximum atomic E-state index is 10.8. The quantitative estimate of drug-likeness (QED) is 0.367. The van der Waals surface area contributed by atoms with E-state index >= 15 is 0 Å². The standard InChI is InChI=1S/C11H20O2.Al.Zn.2H/c1-2-3-4-5-6-7-8-9-10-11(12)13;;;;/h2H,1,3-10H2,(H,12,13);;;;/q;+1;;;/p-1. The van der Waals surface area contributed by atoms with Crippen molar-refractivity contribution in [1.29, 1.82) is 0 Å². The van der Waals surface area contributed by atoms with Gasteiger partial charge in [0, 0.05) is 25.9 Å². The molecule has 0 spiro atoms. The van der Waals surface area contributed by atoms with Crippen LogP contribution in [0.5, 0.6) is 0 Å². The minimum absolute atomic E-state index is 0. The molecular formula is C11H21AlO2Zn. The Bertz CT molecular complexity index is 163. The molecule has 0 aromatic heterocycles. The molecule has 0 saturated heterocycles. The van der Waals surface area contributed by atoms with E-state index in [1.807, 2.05) is 6.08 Å². The number of rotatable bonds is 9. The second-order valence-corrected chi connectivity index (χ2v) is 3.93. The van der Waals surface area contributed by atoms with Gasteiger partial charge in [-0.25, -0.2) is 0 Å². The van der Waals surface area contributed by atoms with Gasteiger partial charge in [0.05, 0.1) is 0 Å². The molecule has 82 valence electrons. The second-order valence-electron chi connectivity index (χ2n) is 3.52. The Hall–Kier alpha value is 0.366. The van der Waals surface area contributed by atoms with Crippen LogP contribution >= 0.6 is 0 Å². The van der Waals surface area contributed by atoms with Gasteiger partial charge < -0.3 is 3.79 Å². The van der Waals surface area contributed by atoms with E-state index in [2.05, 4.69) is 6.58 Å². The Kier molecular flexibility index (Phi) is 17.0. The fourth-order valence-corrected chi connectivity index (χ4v) is 1.57. The first kappa shape index (κ1) is 17.8. The predicted octanol–water partition coefficient (Wildman–Crippen LogP) is 2.38. The molecule has 0 rings (SSSR count). The molecule has 4 heteroatoms. The van der Waals surface area contributed by atoms with Crippen molar-refractivity contribution >= 4 is 22.6 Å². The van der Waals surface area contributed by atoms with E-state index < -0.39 is 0 Å². The molecule has 0 heterocycles. The summed E-state index contributed by atoms with van der Waals surface area (Å²) in [6, 6.07) is 0. The van der Waals surface area contributed by atoms with Gasteiger partial charge in [-0.3, -0.25) is 4.79 Å². The molecule has 0 aromatic rings. The largest absolute Gasteiger partial charge is 0.621 e. The zero-order chi connectivity index (χ0) is 10.6. The van der Waals surface area contributed by atoms with Gasteiger partial charge in [0.2, 0.25) is 0 Å². The molecule has 0 radical (unpaired) electrons. The van der Waals surface area contributed by atoms with Crippen LogP contribution in [0.2, 0.25) is 0 Å². The molecule has 0 aliphatic carbocycles. The molecule has 0 N–H and O–H groups in total. The first-order valence-corrected chi connectivity index (χ1v) is 6.30. The van der Waals surface area contributed by atoms with Crippen molar-refractivity contribution in [2.75, 3.05) is 0 Å². The van der Waals surface area contributed by atoms with Crippen LogP contribution in [0.3, 0.4) is 0 Å². The normalized spacial score (nSPS) is 9.07. The molecule has 15 heavy (non-hydrogen) atoms. The number of carbonyl (C=O) groups excluding carboxylic acids is 1. The van der Waals surface area contributed by atoms with Gasteiger partial charge in [0.15, 0.2) is 0 Å². The predicted molar refractivity (Wildman–Crippen MR) is 61.8 cm³/mol.